The Morgan fingerprint density at radius 1 is 1.39 bits per heavy atom. The topological polar surface area (TPSA) is 78.9 Å². The predicted octanol–water partition coefficient (Wildman–Crippen LogP) is -0.241. The Morgan fingerprint density at radius 2 is 2.06 bits per heavy atom. The van der Waals surface area contributed by atoms with E-state index < -0.39 is 0 Å². The van der Waals surface area contributed by atoms with Crippen molar-refractivity contribution in [1.82, 2.24) is 10.2 Å². The van der Waals surface area contributed by atoms with Crippen LogP contribution in [0.5, 0.6) is 0 Å². The molecule has 18 heavy (non-hydrogen) atoms. The quantitative estimate of drug-likeness (QED) is 0.442. The second-order valence-corrected chi connectivity index (χ2v) is 4.32. The number of carbonyl (C=O) groups is 2. The minimum atomic E-state index is -0.270. The third-order valence-electron chi connectivity index (χ3n) is 2.57. The molecule has 0 aromatic rings. The summed E-state index contributed by atoms with van der Waals surface area (Å²) in [5.41, 5.74) is 0. The van der Waals surface area contributed by atoms with E-state index in [0.29, 0.717) is 25.9 Å². The van der Waals surface area contributed by atoms with Gasteiger partial charge in [0.2, 0.25) is 5.91 Å². The van der Waals surface area contributed by atoms with Gasteiger partial charge in [0.15, 0.2) is 0 Å². The first-order chi connectivity index (χ1) is 8.51. The zero-order chi connectivity index (χ0) is 14.0. The highest BCUT2D eigenvalue weighted by atomic mass is 16.5. The SMILES string of the molecule is COC(=O)CCCNC(=O)CN(CCO)C(C)C. The fourth-order valence-electron chi connectivity index (χ4n) is 1.45. The van der Waals surface area contributed by atoms with E-state index in [0.717, 1.165) is 0 Å². The molecule has 0 unspecified atom stereocenters. The van der Waals surface area contributed by atoms with Crippen LogP contribution in [-0.4, -0.2) is 61.3 Å². The van der Waals surface area contributed by atoms with E-state index in [9.17, 15) is 9.59 Å². The van der Waals surface area contributed by atoms with Gasteiger partial charge in [-0.3, -0.25) is 14.5 Å². The van der Waals surface area contributed by atoms with Gasteiger partial charge >= 0.3 is 5.97 Å². The molecule has 106 valence electrons. The second kappa shape index (κ2) is 9.85. The van der Waals surface area contributed by atoms with Crippen LogP contribution in [0.2, 0.25) is 0 Å². The highest BCUT2D eigenvalue weighted by Gasteiger charge is 2.12. The molecule has 0 heterocycles. The minimum Gasteiger partial charge on any atom is -0.469 e. The van der Waals surface area contributed by atoms with Crippen LogP contribution < -0.4 is 5.32 Å². The lowest BCUT2D eigenvalue weighted by atomic mass is 10.3. The van der Waals surface area contributed by atoms with Crippen molar-refractivity contribution in [3.05, 3.63) is 0 Å². The van der Waals surface area contributed by atoms with E-state index in [1.165, 1.54) is 7.11 Å². The number of nitrogens with zero attached hydrogens (tertiary/aromatic N) is 1. The van der Waals surface area contributed by atoms with E-state index in [-0.39, 0.29) is 31.1 Å². The van der Waals surface area contributed by atoms with E-state index in [2.05, 4.69) is 10.1 Å². The molecule has 0 saturated carbocycles. The predicted molar refractivity (Wildman–Crippen MR) is 68.1 cm³/mol. The summed E-state index contributed by atoms with van der Waals surface area (Å²) in [6.07, 6.45) is 0.876. The van der Waals surface area contributed by atoms with E-state index in [4.69, 9.17) is 5.11 Å². The summed E-state index contributed by atoms with van der Waals surface area (Å²) in [6.45, 7) is 5.18. The molecule has 0 radical (unpaired) electrons. The number of aliphatic hydroxyl groups is 1. The maximum absolute atomic E-state index is 11.6. The van der Waals surface area contributed by atoms with Crippen LogP contribution in [-0.2, 0) is 14.3 Å². The molecule has 0 bridgehead atoms. The standard InChI is InChI=1S/C12H24N2O4/c1-10(2)14(7-8-15)9-11(16)13-6-4-5-12(17)18-3/h10,15H,4-9H2,1-3H3,(H,13,16). The molecule has 0 aliphatic heterocycles. The molecule has 0 rings (SSSR count). The number of hydrogen-bond acceptors (Lipinski definition) is 5. The average Bonchev–Trinajstić information content (AvgIpc) is 2.33. The van der Waals surface area contributed by atoms with Gasteiger partial charge in [-0.25, -0.2) is 0 Å². The Bertz CT molecular complexity index is 256. The van der Waals surface area contributed by atoms with Gasteiger partial charge in [0.25, 0.3) is 0 Å². The fraction of sp³-hybridized carbons (Fsp3) is 0.833. The van der Waals surface area contributed by atoms with Gasteiger partial charge in [0.05, 0.1) is 20.3 Å². The Labute approximate surface area is 108 Å². The van der Waals surface area contributed by atoms with Crippen LogP contribution in [0, 0.1) is 0 Å². The number of aliphatic hydroxyl groups excluding tert-OH is 1. The van der Waals surface area contributed by atoms with Crippen molar-refractivity contribution in [3.63, 3.8) is 0 Å². The van der Waals surface area contributed by atoms with Crippen molar-refractivity contribution in [2.45, 2.75) is 32.7 Å². The molecule has 0 saturated heterocycles. The number of methoxy groups -OCH3 is 1. The molecule has 0 aromatic heterocycles. The van der Waals surface area contributed by atoms with Crippen molar-refractivity contribution in [2.75, 3.05) is 33.4 Å². The Hall–Kier alpha value is -1.14. The minimum absolute atomic E-state index is 0.0355. The fourth-order valence-corrected chi connectivity index (χ4v) is 1.45. The molecule has 0 aliphatic rings. The van der Waals surface area contributed by atoms with E-state index in [1.54, 1.807) is 0 Å². The third kappa shape index (κ3) is 8.03. The van der Waals surface area contributed by atoms with Gasteiger partial charge in [-0.15, -0.1) is 0 Å². The largest absolute Gasteiger partial charge is 0.469 e. The summed E-state index contributed by atoms with van der Waals surface area (Å²) in [4.78, 5) is 24.3. The summed E-state index contributed by atoms with van der Waals surface area (Å²) in [7, 11) is 1.34. The summed E-state index contributed by atoms with van der Waals surface area (Å²) in [6, 6.07) is 0.206. The van der Waals surface area contributed by atoms with Crippen LogP contribution in [0.25, 0.3) is 0 Å². The van der Waals surface area contributed by atoms with Crippen molar-refractivity contribution in [2.24, 2.45) is 0 Å². The van der Waals surface area contributed by atoms with Crippen molar-refractivity contribution in [1.29, 1.82) is 0 Å². The van der Waals surface area contributed by atoms with Crippen molar-refractivity contribution < 1.29 is 19.4 Å². The Morgan fingerprint density at radius 3 is 2.56 bits per heavy atom. The maximum atomic E-state index is 11.6. The van der Waals surface area contributed by atoms with Crippen LogP contribution in [0.4, 0.5) is 0 Å². The third-order valence-corrected chi connectivity index (χ3v) is 2.57. The second-order valence-electron chi connectivity index (χ2n) is 4.32. The lowest BCUT2D eigenvalue weighted by molar-refractivity contribution is -0.140. The zero-order valence-electron chi connectivity index (χ0n) is 11.4. The smallest absolute Gasteiger partial charge is 0.305 e. The lowest BCUT2D eigenvalue weighted by Gasteiger charge is -2.24. The molecule has 0 spiro atoms. The van der Waals surface area contributed by atoms with Gasteiger partial charge in [0, 0.05) is 25.6 Å². The van der Waals surface area contributed by atoms with Crippen LogP contribution >= 0.6 is 0 Å². The van der Waals surface area contributed by atoms with Crippen LogP contribution in [0.1, 0.15) is 26.7 Å². The number of ether oxygens (including phenoxy) is 1. The molecule has 2 N–H and O–H groups in total. The van der Waals surface area contributed by atoms with Gasteiger partial charge in [0.1, 0.15) is 0 Å². The van der Waals surface area contributed by atoms with Crippen LogP contribution in [0.15, 0.2) is 0 Å². The molecule has 6 heteroatoms. The van der Waals surface area contributed by atoms with Gasteiger partial charge in [-0.05, 0) is 20.3 Å². The van der Waals surface area contributed by atoms with Gasteiger partial charge < -0.3 is 15.2 Å². The molecule has 0 atom stereocenters. The summed E-state index contributed by atoms with van der Waals surface area (Å²) in [5, 5.41) is 11.6. The summed E-state index contributed by atoms with van der Waals surface area (Å²) < 4.78 is 4.50. The first-order valence-electron chi connectivity index (χ1n) is 6.19. The maximum Gasteiger partial charge on any atom is 0.305 e. The monoisotopic (exact) mass is 260 g/mol. The van der Waals surface area contributed by atoms with Crippen LogP contribution in [0.3, 0.4) is 0 Å². The Balaban J connectivity index is 3.78. The molecule has 6 nitrogen and oxygen atoms in total. The number of carbonyl (C=O) groups excluding carboxylic acids is 2. The first kappa shape index (κ1) is 16.9. The summed E-state index contributed by atoms with van der Waals surface area (Å²) >= 11 is 0. The molecular weight excluding hydrogens is 236 g/mol. The van der Waals surface area contributed by atoms with Gasteiger partial charge in [-0.2, -0.15) is 0 Å². The van der Waals surface area contributed by atoms with E-state index >= 15 is 0 Å². The highest BCUT2D eigenvalue weighted by Crippen LogP contribution is 1.96. The van der Waals surface area contributed by atoms with E-state index in [1.807, 2.05) is 18.7 Å². The lowest BCUT2D eigenvalue weighted by Crippen LogP contribution is -2.42. The number of esters is 1. The Kier molecular flexibility index (Phi) is 9.22. The average molecular weight is 260 g/mol. The molecular formula is C12H24N2O4. The number of hydrogen-bond donors (Lipinski definition) is 2. The molecule has 0 aliphatic carbocycles. The molecule has 0 fully saturated rings. The summed E-state index contributed by atoms with van der Waals surface area (Å²) in [5.74, 6) is -0.365. The molecule has 0 aromatic carbocycles. The van der Waals surface area contributed by atoms with Crippen molar-refractivity contribution >= 4 is 11.9 Å². The number of rotatable bonds is 9. The molecule has 1 amide bonds. The normalized spacial score (nSPS) is 10.8. The van der Waals surface area contributed by atoms with Gasteiger partial charge in [-0.1, -0.05) is 0 Å². The number of amides is 1. The first-order valence-corrected chi connectivity index (χ1v) is 6.19. The zero-order valence-corrected chi connectivity index (χ0v) is 11.4. The number of nitrogens with one attached hydrogen (secondary N) is 1. The highest BCUT2D eigenvalue weighted by molar-refractivity contribution is 5.78. The van der Waals surface area contributed by atoms with Crippen molar-refractivity contribution in [3.8, 4) is 0 Å².